The van der Waals surface area contributed by atoms with Crippen molar-refractivity contribution in [1.82, 2.24) is 10.2 Å². The van der Waals surface area contributed by atoms with Gasteiger partial charge in [-0.1, -0.05) is 6.07 Å². The molecule has 1 aliphatic rings. The molecule has 1 atom stereocenters. The van der Waals surface area contributed by atoms with Crippen molar-refractivity contribution in [1.29, 1.82) is 0 Å². The predicted molar refractivity (Wildman–Crippen MR) is 82.2 cm³/mol. The van der Waals surface area contributed by atoms with E-state index in [-0.39, 0.29) is 25.6 Å². The summed E-state index contributed by atoms with van der Waals surface area (Å²) in [6, 6.07) is 4.28. The molecule has 2 N–H and O–H groups in total. The second-order valence-corrected chi connectivity index (χ2v) is 5.50. The predicted octanol–water partition coefficient (Wildman–Crippen LogP) is 0.345. The van der Waals surface area contributed by atoms with E-state index in [2.05, 4.69) is 5.32 Å². The van der Waals surface area contributed by atoms with Crippen LogP contribution < -0.4 is 5.32 Å². The third kappa shape index (κ3) is 4.07. The summed E-state index contributed by atoms with van der Waals surface area (Å²) in [7, 11) is 0. The Labute approximate surface area is 134 Å². The van der Waals surface area contributed by atoms with Crippen molar-refractivity contribution in [2.75, 3.05) is 26.3 Å². The quantitative estimate of drug-likeness (QED) is 0.834. The van der Waals surface area contributed by atoms with E-state index in [1.54, 1.807) is 12.1 Å². The number of benzene rings is 1. The van der Waals surface area contributed by atoms with Crippen LogP contribution >= 0.6 is 0 Å². The molecule has 0 saturated carbocycles. The Morgan fingerprint density at radius 1 is 1.30 bits per heavy atom. The number of ether oxygens (including phenoxy) is 1. The van der Waals surface area contributed by atoms with Crippen LogP contribution in [-0.2, 0) is 14.3 Å². The van der Waals surface area contributed by atoms with E-state index in [0.29, 0.717) is 12.2 Å². The van der Waals surface area contributed by atoms with Gasteiger partial charge in [0.05, 0.1) is 19.8 Å². The summed E-state index contributed by atoms with van der Waals surface area (Å²) in [5.74, 6) is -1.90. The third-order valence-electron chi connectivity index (χ3n) is 3.90. The molecule has 2 rings (SSSR count). The second-order valence-electron chi connectivity index (χ2n) is 5.50. The van der Waals surface area contributed by atoms with Gasteiger partial charge in [-0.3, -0.25) is 9.59 Å². The number of carboxylic acids is 1. The summed E-state index contributed by atoms with van der Waals surface area (Å²) >= 11 is 0. The maximum atomic E-state index is 12.2. The summed E-state index contributed by atoms with van der Waals surface area (Å²) in [4.78, 5) is 36.6. The topological polar surface area (TPSA) is 95.9 Å². The molecule has 0 spiro atoms. The molecule has 7 nitrogen and oxygen atoms in total. The number of nitrogens with one attached hydrogen (secondary N) is 1. The zero-order valence-corrected chi connectivity index (χ0v) is 13.2. The molecular weight excluding hydrogens is 300 g/mol. The van der Waals surface area contributed by atoms with Crippen LogP contribution in [0.3, 0.4) is 0 Å². The van der Waals surface area contributed by atoms with Crippen LogP contribution in [0.5, 0.6) is 0 Å². The van der Waals surface area contributed by atoms with Gasteiger partial charge in [-0.2, -0.15) is 0 Å². The highest BCUT2D eigenvalue weighted by atomic mass is 16.5. The van der Waals surface area contributed by atoms with Gasteiger partial charge in [0.15, 0.2) is 6.04 Å². The Balaban J connectivity index is 1.96. The van der Waals surface area contributed by atoms with E-state index in [0.717, 1.165) is 11.1 Å². The molecule has 0 aliphatic carbocycles. The maximum Gasteiger partial charge on any atom is 0.328 e. The lowest BCUT2D eigenvalue weighted by atomic mass is 10.1. The van der Waals surface area contributed by atoms with Gasteiger partial charge in [-0.15, -0.1) is 0 Å². The number of carbonyl (C=O) groups is 3. The number of hydrogen-bond acceptors (Lipinski definition) is 4. The summed E-state index contributed by atoms with van der Waals surface area (Å²) < 4.78 is 5.08. The summed E-state index contributed by atoms with van der Waals surface area (Å²) in [5.41, 5.74) is 2.54. The van der Waals surface area contributed by atoms with Gasteiger partial charge in [0.25, 0.3) is 5.91 Å². The van der Waals surface area contributed by atoms with Gasteiger partial charge in [0.1, 0.15) is 0 Å². The number of hydrogen-bond donors (Lipinski definition) is 2. The third-order valence-corrected chi connectivity index (χ3v) is 3.90. The average Bonchev–Trinajstić information content (AvgIpc) is 2.54. The number of rotatable bonds is 4. The van der Waals surface area contributed by atoms with Crippen LogP contribution in [-0.4, -0.2) is 60.1 Å². The largest absolute Gasteiger partial charge is 0.480 e. The molecule has 1 aliphatic heterocycles. The van der Waals surface area contributed by atoms with Crippen molar-refractivity contribution in [3.05, 3.63) is 34.9 Å². The average molecular weight is 320 g/mol. The fourth-order valence-electron chi connectivity index (χ4n) is 2.35. The number of aliphatic carboxylic acids is 1. The maximum absolute atomic E-state index is 12.2. The van der Waals surface area contributed by atoms with Crippen LogP contribution in [0, 0.1) is 13.8 Å². The van der Waals surface area contributed by atoms with E-state index in [1.165, 1.54) is 4.90 Å². The van der Waals surface area contributed by atoms with Gasteiger partial charge < -0.3 is 20.1 Å². The van der Waals surface area contributed by atoms with Gasteiger partial charge in [0.2, 0.25) is 5.91 Å². The van der Waals surface area contributed by atoms with Crippen molar-refractivity contribution >= 4 is 17.8 Å². The van der Waals surface area contributed by atoms with Crippen LogP contribution in [0.1, 0.15) is 21.5 Å². The van der Waals surface area contributed by atoms with Gasteiger partial charge in [-0.25, -0.2) is 4.79 Å². The van der Waals surface area contributed by atoms with Crippen LogP contribution in [0.2, 0.25) is 0 Å². The minimum absolute atomic E-state index is 0.0355. The lowest BCUT2D eigenvalue weighted by Gasteiger charge is -2.32. The molecule has 1 fully saturated rings. The Hall–Kier alpha value is -2.41. The summed E-state index contributed by atoms with van der Waals surface area (Å²) in [5, 5.41) is 11.6. The second kappa shape index (κ2) is 7.23. The Morgan fingerprint density at radius 2 is 2.04 bits per heavy atom. The Bertz CT molecular complexity index is 629. The molecule has 1 aromatic carbocycles. The number of carbonyl (C=O) groups excluding carboxylic acids is 2. The number of amides is 2. The molecule has 0 bridgehead atoms. The number of nitrogens with zero attached hydrogens (tertiary/aromatic N) is 1. The van der Waals surface area contributed by atoms with Gasteiger partial charge >= 0.3 is 5.97 Å². The SMILES string of the molecule is Cc1ccc(C(=O)NCC(=O)N2CCOCC2C(=O)O)cc1C. The summed E-state index contributed by atoms with van der Waals surface area (Å²) in [6.07, 6.45) is 0. The molecule has 23 heavy (non-hydrogen) atoms. The molecule has 1 saturated heterocycles. The van der Waals surface area contributed by atoms with E-state index < -0.39 is 17.9 Å². The van der Waals surface area contributed by atoms with Crippen LogP contribution in [0.15, 0.2) is 18.2 Å². The van der Waals surface area contributed by atoms with Crippen molar-refractivity contribution in [3.63, 3.8) is 0 Å². The lowest BCUT2D eigenvalue weighted by Crippen LogP contribution is -2.54. The number of aryl methyl sites for hydroxylation is 2. The molecule has 1 heterocycles. The summed E-state index contributed by atoms with van der Waals surface area (Å²) in [6.45, 7) is 4.07. The molecule has 0 radical (unpaired) electrons. The first-order valence-electron chi connectivity index (χ1n) is 7.35. The first kappa shape index (κ1) is 17.0. The van der Waals surface area contributed by atoms with Crippen LogP contribution in [0.4, 0.5) is 0 Å². The van der Waals surface area contributed by atoms with Crippen molar-refractivity contribution in [2.24, 2.45) is 0 Å². The molecule has 124 valence electrons. The number of carboxylic acid groups (broad SMARTS) is 1. The highest BCUT2D eigenvalue weighted by Crippen LogP contribution is 2.10. The van der Waals surface area contributed by atoms with Crippen molar-refractivity contribution in [2.45, 2.75) is 19.9 Å². The Kier molecular flexibility index (Phi) is 5.33. The minimum atomic E-state index is -1.11. The molecular formula is C16H20N2O5. The monoisotopic (exact) mass is 320 g/mol. The van der Waals surface area contributed by atoms with Crippen LogP contribution in [0.25, 0.3) is 0 Å². The highest BCUT2D eigenvalue weighted by molar-refractivity contribution is 5.97. The smallest absolute Gasteiger partial charge is 0.328 e. The molecule has 2 amide bonds. The van der Waals surface area contributed by atoms with Crippen molar-refractivity contribution < 1.29 is 24.2 Å². The Morgan fingerprint density at radius 3 is 2.70 bits per heavy atom. The standard InChI is InChI=1S/C16H20N2O5/c1-10-3-4-12(7-11(10)2)15(20)17-8-14(19)18-5-6-23-9-13(18)16(21)22/h3-4,7,13H,5-6,8-9H2,1-2H3,(H,17,20)(H,21,22). The highest BCUT2D eigenvalue weighted by Gasteiger charge is 2.32. The lowest BCUT2D eigenvalue weighted by molar-refractivity contribution is -0.157. The number of morpholine rings is 1. The first-order chi connectivity index (χ1) is 10.9. The fraction of sp³-hybridized carbons (Fsp3) is 0.438. The van der Waals surface area contributed by atoms with Gasteiger partial charge in [-0.05, 0) is 37.1 Å². The first-order valence-corrected chi connectivity index (χ1v) is 7.35. The van der Waals surface area contributed by atoms with Crippen molar-refractivity contribution in [3.8, 4) is 0 Å². The zero-order chi connectivity index (χ0) is 17.0. The molecule has 1 aromatic rings. The van der Waals surface area contributed by atoms with E-state index in [1.807, 2.05) is 19.9 Å². The fourth-order valence-corrected chi connectivity index (χ4v) is 2.35. The zero-order valence-electron chi connectivity index (χ0n) is 13.2. The molecule has 7 heteroatoms. The van der Waals surface area contributed by atoms with Gasteiger partial charge in [0, 0.05) is 12.1 Å². The van der Waals surface area contributed by atoms with E-state index in [4.69, 9.17) is 9.84 Å². The minimum Gasteiger partial charge on any atom is -0.480 e. The van der Waals surface area contributed by atoms with E-state index in [9.17, 15) is 14.4 Å². The molecule has 1 unspecified atom stereocenters. The molecule has 0 aromatic heterocycles. The van der Waals surface area contributed by atoms with E-state index >= 15 is 0 Å². The normalized spacial score (nSPS) is 17.7.